The van der Waals surface area contributed by atoms with Crippen molar-refractivity contribution in [2.24, 2.45) is 0 Å². The van der Waals surface area contributed by atoms with Gasteiger partial charge in [0.25, 0.3) is 5.91 Å². The van der Waals surface area contributed by atoms with E-state index in [1.54, 1.807) is 30.2 Å². The maximum atomic E-state index is 13.8. The molecule has 0 unspecified atom stereocenters. The Hall–Kier alpha value is -3.58. The summed E-state index contributed by atoms with van der Waals surface area (Å²) in [5, 5.41) is 6.40. The normalized spacial score (nSPS) is 15.6. The molecule has 2 N–H and O–H groups in total. The summed E-state index contributed by atoms with van der Waals surface area (Å²) < 4.78 is 13.8. The summed E-state index contributed by atoms with van der Waals surface area (Å²) in [6.07, 6.45) is 3.90. The van der Waals surface area contributed by atoms with Crippen LogP contribution in [0.15, 0.2) is 67.0 Å². The molecule has 0 radical (unpaired) electrons. The number of fused-ring (bicyclic) bond motifs is 1. The molecule has 0 saturated heterocycles. The average molecular weight is 432 g/mol. The van der Waals surface area contributed by atoms with Crippen molar-refractivity contribution >= 4 is 17.5 Å². The Balaban J connectivity index is 1.41. The van der Waals surface area contributed by atoms with Crippen LogP contribution in [0, 0.1) is 5.82 Å². The van der Waals surface area contributed by atoms with Crippen molar-refractivity contribution in [1.82, 2.24) is 15.2 Å². The predicted molar refractivity (Wildman–Crippen MR) is 120 cm³/mol. The molecule has 2 heterocycles. The molecule has 6 nitrogen and oxygen atoms in total. The van der Waals surface area contributed by atoms with Gasteiger partial charge in [0.15, 0.2) is 0 Å². The smallest absolute Gasteiger partial charge is 0.257 e. The van der Waals surface area contributed by atoms with Crippen molar-refractivity contribution in [3.8, 4) is 0 Å². The van der Waals surface area contributed by atoms with Gasteiger partial charge in [-0.15, -0.1) is 0 Å². The van der Waals surface area contributed by atoms with Gasteiger partial charge in [-0.25, -0.2) is 4.39 Å². The fourth-order valence-electron chi connectivity index (χ4n) is 3.90. The third kappa shape index (κ3) is 5.18. The van der Waals surface area contributed by atoms with E-state index in [0.717, 1.165) is 23.1 Å². The number of carbonyl (C=O) groups is 2. The fourth-order valence-corrected chi connectivity index (χ4v) is 3.90. The lowest BCUT2D eigenvalue weighted by Crippen LogP contribution is -2.29. The Morgan fingerprint density at radius 1 is 1.16 bits per heavy atom. The average Bonchev–Trinajstić information content (AvgIpc) is 2.98. The Kier molecular flexibility index (Phi) is 6.56. The van der Waals surface area contributed by atoms with Gasteiger partial charge in [-0.1, -0.05) is 18.2 Å². The van der Waals surface area contributed by atoms with E-state index < -0.39 is 0 Å². The Bertz CT molecular complexity index is 1100. The second kappa shape index (κ2) is 9.70. The van der Waals surface area contributed by atoms with Crippen molar-refractivity contribution in [1.29, 1.82) is 0 Å². The van der Waals surface area contributed by atoms with Gasteiger partial charge >= 0.3 is 0 Å². The number of halogens is 1. The van der Waals surface area contributed by atoms with Gasteiger partial charge in [-0.3, -0.25) is 14.6 Å². The Morgan fingerprint density at radius 2 is 1.97 bits per heavy atom. The summed E-state index contributed by atoms with van der Waals surface area (Å²) in [7, 11) is 0. The van der Waals surface area contributed by atoms with Crippen molar-refractivity contribution < 1.29 is 14.0 Å². The van der Waals surface area contributed by atoms with Crippen molar-refractivity contribution in [2.45, 2.75) is 32.5 Å². The summed E-state index contributed by atoms with van der Waals surface area (Å²) in [5.41, 5.74) is 4.12. The van der Waals surface area contributed by atoms with Crippen molar-refractivity contribution in [2.75, 3.05) is 11.9 Å². The van der Waals surface area contributed by atoms with Crippen molar-refractivity contribution in [3.63, 3.8) is 0 Å². The quantitative estimate of drug-likeness (QED) is 0.638. The molecular formula is C25H25FN4O2. The lowest BCUT2D eigenvalue weighted by atomic mass is 9.99. The first kappa shape index (κ1) is 21.6. The standard InChI is InChI=1S/C25H25FN4O2/c1-17(31)30-12-10-24(23-9-6-21(26)13-20(23)16-30)28-14-18-4-7-22(8-5-18)29-25(32)19-3-2-11-27-15-19/h2-9,11,13,15,24,28H,10,12,14,16H2,1H3,(H,29,32)/t24-/m0/s1. The number of benzene rings is 2. The molecule has 0 fully saturated rings. The van der Waals surface area contributed by atoms with Gasteiger partial charge in [0.2, 0.25) is 5.91 Å². The van der Waals surface area contributed by atoms with Gasteiger partial charge < -0.3 is 15.5 Å². The first-order valence-corrected chi connectivity index (χ1v) is 10.6. The molecule has 2 amide bonds. The van der Waals surface area contributed by atoms with Crippen LogP contribution >= 0.6 is 0 Å². The molecule has 0 bridgehead atoms. The first-order chi connectivity index (χ1) is 15.5. The highest BCUT2D eigenvalue weighted by atomic mass is 19.1. The van der Waals surface area contributed by atoms with Crippen LogP contribution in [0.3, 0.4) is 0 Å². The molecule has 0 saturated carbocycles. The Labute approximate surface area is 186 Å². The summed E-state index contributed by atoms with van der Waals surface area (Å²) in [4.78, 5) is 29.9. The number of pyridine rings is 1. The maximum Gasteiger partial charge on any atom is 0.257 e. The molecule has 4 rings (SSSR count). The second-order valence-corrected chi connectivity index (χ2v) is 7.90. The maximum absolute atomic E-state index is 13.8. The molecular weight excluding hydrogens is 407 g/mol. The van der Waals surface area contributed by atoms with Gasteiger partial charge in [0.05, 0.1) is 5.56 Å². The van der Waals surface area contributed by atoms with Gasteiger partial charge in [-0.05, 0) is 59.5 Å². The third-order valence-corrected chi connectivity index (χ3v) is 5.66. The monoisotopic (exact) mass is 432 g/mol. The number of nitrogens with zero attached hydrogens (tertiary/aromatic N) is 2. The molecule has 1 aliphatic heterocycles. The van der Waals surface area contributed by atoms with Gasteiger partial charge in [-0.2, -0.15) is 0 Å². The minimum atomic E-state index is -0.295. The predicted octanol–water partition coefficient (Wildman–Crippen LogP) is 4.06. The van der Waals surface area contributed by atoms with Crippen LogP contribution in [0.1, 0.15) is 46.4 Å². The van der Waals surface area contributed by atoms with E-state index in [-0.39, 0.29) is 23.7 Å². The van der Waals surface area contributed by atoms with Crippen LogP contribution in [-0.2, 0) is 17.9 Å². The highest BCUT2D eigenvalue weighted by molar-refractivity contribution is 6.03. The van der Waals surface area contributed by atoms with Crippen LogP contribution in [0.25, 0.3) is 0 Å². The highest BCUT2D eigenvalue weighted by Crippen LogP contribution is 2.28. The molecule has 164 valence electrons. The second-order valence-electron chi connectivity index (χ2n) is 7.90. The van der Waals surface area contributed by atoms with E-state index in [1.807, 2.05) is 30.3 Å². The zero-order chi connectivity index (χ0) is 22.5. The van der Waals surface area contributed by atoms with E-state index in [0.29, 0.717) is 30.9 Å². The molecule has 32 heavy (non-hydrogen) atoms. The summed E-state index contributed by atoms with van der Waals surface area (Å²) in [6, 6.07) is 15.9. The fraction of sp³-hybridized carbons (Fsp3) is 0.240. The van der Waals surface area contributed by atoms with Crippen LogP contribution in [0.2, 0.25) is 0 Å². The van der Waals surface area contributed by atoms with Crippen LogP contribution < -0.4 is 10.6 Å². The first-order valence-electron chi connectivity index (χ1n) is 10.6. The van der Waals surface area contributed by atoms with E-state index in [4.69, 9.17) is 0 Å². The number of aromatic nitrogens is 1. The minimum absolute atomic E-state index is 0.00946. The molecule has 1 aliphatic rings. The molecule has 2 aromatic carbocycles. The Morgan fingerprint density at radius 3 is 2.69 bits per heavy atom. The summed E-state index contributed by atoms with van der Waals surface area (Å²) in [5.74, 6) is -0.511. The number of nitrogens with one attached hydrogen (secondary N) is 2. The van der Waals surface area contributed by atoms with Crippen molar-refractivity contribution in [3.05, 3.63) is 95.1 Å². The molecule has 3 aromatic rings. The summed E-state index contributed by atoms with van der Waals surface area (Å²) in [6.45, 7) is 3.19. The number of hydrogen-bond donors (Lipinski definition) is 2. The number of amides is 2. The van der Waals surface area contributed by atoms with Crippen LogP contribution in [0.4, 0.5) is 10.1 Å². The highest BCUT2D eigenvalue weighted by Gasteiger charge is 2.23. The topological polar surface area (TPSA) is 74.3 Å². The van der Waals surface area contributed by atoms with E-state index in [9.17, 15) is 14.0 Å². The van der Waals surface area contributed by atoms with E-state index >= 15 is 0 Å². The van der Waals surface area contributed by atoms with E-state index in [1.165, 1.54) is 18.3 Å². The largest absolute Gasteiger partial charge is 0.339 e. The molecule has 1 aromatic heterocycles. The number of carbonyl (C=O) groups excluding carboxylic acids is 2. The molecule has 0 spiro atoms. The SMILES string of the molecule is CC(=O)N1CC[C@H](NCc2ccc(NC(=O)c3cccnc3)cc2)c2ccc(F)cc2C1. The summed E-state index contributed by atoms with van der Waals surface area (Å²) >= 11 is 0. The number of anilines is 1. The molecule has 7 heteroatoms. The zero-order valence-corrected chi connectivity index (χ0v) is 17.8. The third-order valence-electron chi connectivity index (χ3n) is 5.66. The van der Waals surface area contributed by atoms with Crippen LogP contribution in [-0.4, -0.2) is 28.2 Å². The van der Waals surface area contributed by atoms with Gasteiger partial charge in [0.1, 0.15) is 5.82 Å². The van der Waals surface area contributed by atoms with Gasteiger partial charge in [0, 0.05) is 50.7 Å². The number of hydrogen-bond acceptors (Lipinski definition) is 4. The lowest BCUT2D eigenvalue weighted by Gasteiger charge is -2.20. The zero-order valence-electron chi connectivity index (χ0n) is 17.8. The van der Waals surface area contributed by atoms with Crippen LogP contribution in [0.5, 0.6) is 0 Å². The van der Waals surface area contributed by atoms with E-state index in [2.05, 4.69) is 15.6 Å². The molecule has 1 atom stereocenters. The lowest BCUT2D eigenvalue weighted by molar-refractivity contribution is -0.129. The number of rotatable bonds is 5. The molecule has 0 aliphatic carbocycles. The minimum Gasteiger partial charge on any atom is -0.339 e.